The number of rotatable bonds is 5. The van der Waals surface area contributed by atoms with E-state index in [-0.39, 0.29) is 5.91 Å². The van der Waals surface area contributed by atoms with Crippen LogP contribution in [-0.2, 0) is 17.3 Å². The molecule has 0 unspecified atom stereocenters. The minimum absolute atomic E-state index is 0.185. The van der Waals surface area contributed by atoms with Crippen LogP contribution in [0.2, 0.25) is 0 Å². The molecule has 21 heavy (non-hydrogen) atoms. The maximum Gasteiger partial charge on any atom is 0.252 e. The number of hydrogen-bond donors (Lipinski definition) is 1. The first kappa shape index (κ1) is 15.4. The van der Waals surface area contributed by atoms with Gasteiger partial charge < -0.3 is 5.32 Å². The molecular weight excluding hydrogens is 282 g/mol. The van der Waals surface area contributed by atoms with Gasteiger partial charge in [-0.3, -0.25) is 9.00 Å². The molecule has 2 aromatic carbocycles. The number of nitrogens with one attached hydrogen (secondary N) is 1. The quantitative estimate of drug-likeness (QED) is 0.922. The lowest BCUT2D eigenvalue weighted by Crippen LogP contribution is -2.24. The molecule has 0 spiro atoms. The SMILES string of the molecule is CC[S@](=O)c1ccccc1C(=O)NCc1ccccc1C. The van der Waals surface area contributed by atoms with E-state index < -0.39 is 10.8 Å². The standard InChI is InChI=1S/C17H19NO2S/c1-3-21(20)16-11-7-6-10-15(16)17(19)18-12-14-9-5-4-8-13(14)2/h4-11H,3,12H2,1-2H3,(H,18,19)/t21-/m0/s1. The summed E-state index contributed by atoms with van der Waals surface area (Å²) in [5.74, 6) is 0.317. The van der Waals surface area contributed by atoms with Crippen LogP contribution in [-0.4, -0.2) is 15.9 Å². The number of benzene rings is 2. The third kappa shape index (κ3) is 3.79. The predicted octanol–water partition coefficient (Wildman–Crippen LogP) is 3.05. The smallest absolute Gasteiger partial charge is 0.252 e. The van der Waals surface area contributed by atoms with Gasteiger partial charge in [-0.05, 0) is 30.2 Å². The highest BCUT2D eigenvalue weighted by Crippen LogP contribution is 2.14. The third-order valence-electron chi connectivity index (χ3n) is 3.34. The third-order valence-corrected chi connectivity index (χ3v) is 4.71. The second kappa shape index (κ2) is 7.18. The van der Waals surface area contributed by atoms with Crippen molar-refractivity contribution in [2.45, 2.75) is 25.3 Å². The molecule has 0 aliphatic carbocycles. The maximum absolute atomic E-state index is 12.3. The molecular formula is C17H19NO2S. The minimum Gasteiger partial charge on any atom is -0.348 e. The van der Waals surface area contributed by atoms with Gasteiger partial charge in [0.15, 0.2) is 0 Å². The van der Waals surface area contributed by atoms with E-state index in [2.05, 4.69) is 5.32 Å². The van der Waals surface area contributed by atoms with E-state index in [1.54, 1.807) is 24.3 Å². The minimum atomic E-state index is -1.14. The topological polar surface area (TPSA) is 46.2 Å². The molecule has 1 atom stereocenters. The van der Waals surface area contributed by atoms with E-state index in [1.165, 1.54) is 0 Å². The summed E-state index contributed by atoms with van der Waals surface area (Å²) in [5, 5.41) is 2.90. The van der Waals surface area contributed by atoms with Crippen LogP contribution in [0.5, 0.6) is 0 Å². The zero-order chi connectivity index (χ0) is 15.2. The monoisotopic (exact) mass is 301 g/mol. The Kier molecular flexibility index (Phi) is 5.28. The average Bonchev–Trinajstić information content (AvgIpc) is 2.53. The fraction of sp³-hybridized carbons (Fsp3) is 0.235. The Labute approximate surface area is 127 Å². The highest BCUT2D eigenvalue weighted by molar-refractivity contribution is 7.85. The molecule has 0 aliphatic heterocycles. The van der Waals surface area contributed by atoms with Crippen LogP contribution in [0.25, 0.3) is 0 Å². The Bertz CT molecular complexity index is 667. The summed E-state index contributed by atoms with van der Waals surface area (Å²) in [6, 6.07) is 15.0. The summed E-state index contributed by atoms with van der Waals surface area (Å²) >= 11 is 0. The van der Waals surface area contributed by atoms with Crippen molar-refractivity contribution in [2.75, 3.05) is 5.75 Å². The highest BCUT2D eigenvalue weighted by atomic mass is 32.2. The molecule has 0 saturated heterocycles. The van der Waals surface area contributed by atoms with Crippen molar-refractivity contribution < 1.29 is 9.00 Å². The number of carbonyl (C=O) groups is 1. The van der Waals surface area contributed by atoms with Crippen molar-refractivity contribution in [3.05, 3.63) is 65.2 Å². The summed E-state index contributed by atoms with van der Waals surface area (Å²) in [6.07, 6.45) is 0. The molecule has 3 nitrogen and oxygen atoms in total. The molecule has 1 N–H and O–H groups in total. The van der Waals surface area contributed by atoms with Gasteiger partial charge in [-0.2, -0.15) is 0 Å². The number of amides is 1. The van der Waals surface area contributed by atoms with Crippen molar-refractivity contribution in [1.29, 1.82) is 0 Å². The van der Waals surface area contributed by atoms with E-state index in [4.69, 9.17) is 0 Å². The van der Waals surface area contributed by atoms with Crippen LogP contribution in [0.1, 0.15) is 28.4 Å². The predicted molar refractivity (Wildman–Crippen MR) is 85.7 cm³/mol. The second-order valence-electron chi connectivity index (χ2n) is 4.74. The van der Waals surface area contributed by atoms with E-state index in [1.807, 2.05) is 38.1 Å². The number of aryl methyl sites for hydroxylation is 1. The van der Waals surface area contributed by atoms with Gasteiger partial charge in [0.25, 0.3) is 5.91 Å². The second-order valence-corrected chi connectivity index (χ2v) is 6.45. The van der Waals surface area contributed by atoms with Crippen molar-refractivity contribution in [1.82, 2.24) is 5.32 Å². The Balaban J connectivity index is 2.14. The average molecular weight is 301 g/mol. The molecule has 0 bridgehead atoms. The molecule has 4 heteroatoms. The lowest BCUT2D eigenvalue weighted by atomic mass is 10.1. The van der Waals surface area contributed by atoms with Crippen molar-refractivity contribution in [3.63, 3.8) is 0 Å². The maximum atomic E-state index is 12.3. The Morgan fingerprint density at radius 2 is 1.76 bits per heavy atom. The summed E-state index contributed by atoms with van der Waals surface area (Å²) in [4.78, 5) is 12.9. The molecule has 2 rings (SSSR count). The van der Waals surface area contributed by atoms with Crippen LogP contribution in [0.3, 0.4) is 0 Å². The molecule has 1 amide bonds. The Morgan fingerprint density at radius 1 is 1.10 bits per heavy atom. The fourth-order valence-corrected chi connectivity index (χ4v) is 3.03. The van der Waals surface area contributed by atoms with E-state index in [0.29, 0.717) is 22.8 Å². The van der Waals surface area contributed by atoms with Gasteiger partial charge in [-0.15, -0.1) is 0 Å². The van der Waals surface area contributed by atoms with Gasteiger partial charge in [0.05, 0.1) is 21.3 Å². The van der Waals surface area contributed by atoms with Crippen LogP contribution < -0.4 is 5.32 Å². The number of hydrogen-bond acceptors (Lipinski definition) is 2. The van der Waals surface area contributed by atoms with E-state index in [0.717, 1.165) is 11.1 Å². The molecule has 2 aromatic rings. The van der Waals surface area contributed by atoms with Gasteiger partial charge in [0.2, 0.25) is 0 Å². The molecule has 0 aromatic heterocycles. The lowest BCUT2D eigenvalue weighted by molar-refractivity contribution is 0.0948. The molecule has 0 fully saturated rings. The Morgan fingerprint density at radius 3 is 2.48 bits per heavy atom. The van der Waals surface area contributed by atoms with Gasteiger partial charge >= 0.3 is 0 Å². The van der Waals surface area contributed by atoms with Crippen molar-refractivity contribution >= 4 is 16.7 Å². The van der Waals surface area contributed by atoms with Crippen LogP contribution in [0, 0.1) is 6.92 Å². The number of carbonyl (C=O) groups excluding carboxylic acids is 1. The van der Waals surface area contributed by atoms with Gasteiger partial charge in [0.1, 0.15) is 0 Å². The molecule has 110 valence electrons. The van der Waals surface area contributed by atoms with Gasteiger partial charge in [0, 0.05) is 12.3 Å². The van der Waals surface area contributed by atoms with Crippen molar-refractivity contribution in [3.8, 4) is 0 Å². The summed E-state index contributed by atoms with van der Waals surface area (Å²) < 4.78 is 12.0. The molecule has 0 saturated carbocycles. The van der Waals surface area contributed by atoms with Crippen molar-refractivity contribution in [2.24, 2.45) is 0 Å². The van der Waals surface area contributed by atoms with Gasteiger partial charge in [-0.1, -0.05) is 43.3 Å². The van der Waals surface area contributed by atoms with E-state index in [9.17, 15) is 9.00 Å². The summed E-state index contributed by atoms with van der Waals surface area (Å²) in [6.45, 7) is 4.33. The normalized spacial score (nSPS) is 11.9. The highest BCUT2D eigenvalue weighted by Gasteiger charge is 2.14. The van der Waals surface area contributed by atoms with E-state index >= 15 is 0 Å². The zero-order valence-corrected chi connectivity index (χ0v) is 13.1. The largest absolute Gasteiger partial charge is 0.348 e. The molecule has 0 aliphatic rings. The molecule has 0 radical (unpaired) electrons. The summed E-state index contributed by atoms with van der Waals surface area (Å²) in [5.41, 5.74) is 2.72. The zero-order valence-electron chi connectivity index (χ0n) is 12.3. The first-order valence-corrected chi connectivity index (χ1v) is 8.25. The fourth-order valence-electron chi connectivity index (χ4n) is 2.09. The first-order chi connectivity index (χ1) is 10.1. The van der Waals surface area contributed by atoms with Crippen LogP contribution >= 0.6 is 0 Å². The van der Waals surface area contributed by atoms with Crippen LogP contribution in [0.4, 0.5) is 0 Å². The summed E-state index contributed by atoms with van der Waals surface area (Å²) in [7, 11) is -1.14. The van der Waals surface area contributed by atoms with Crippen LogP contribution in [0.15, 0.2) is 53.4 Å². The first-order valence-electron chi connectivity index (χ1n) is 6.93. The Hall–Kier alpha value is -1.94. The lowest BCUT2D eigenvalue weighted by Gasteiger charge is -2.10. The van der Waals surface area contributed by atoms with Gasteiger partial charge in [-0.25, -0.2) is 0 Å². The molecule has 0 heterocycles.